The zero-order chi connectivity index (χ0) is 35.4. The van der Waals surface area contributed by atoms with Crippen molar-refractivity contribution < 1.29 is 22.7 Å². The molecule has 1 unspecified atom stereocenters. The fourth-order valence-corrected chi connectivity index (χ4v) is 8.90. The second-order valence-corrected chi connectivity index (χ2v) is 15.3. The number of allylic oxidation sites excluding steroid dienone is 1. The molecule has 1 aliphatic carbocycles. The fourth-order valence-electron chi connectivity index (χ4n) is 7.47. The van der Waals surface area contributed by atoms with E-state index in [1.807, 2.05) is 30.4 Å². The van der Waals surface area contributed by atoms with Crippen LogP contribution in [0, 0.1) is 24.2 Å². The van der Waals surface area contributed by atoms with Gasteiger partial charge in [-0.15, -0.1) is 11.8 Å². The number of carbonyl (C=O) groups is 1. The molecule has 1 amide bonds. The zero-order valence-electron chi connectivity index (χ0n) is 28.3. The van der Waals surface area contributed by atoms with Gasteiger partial charge in [0.2, 0.25) is 5.92 Å². The Hall–Kier alpha value is -4.35. The summed E-state index contributed by atoms with van der Waals surface area (Å²) in [6, 6.07) is 8.43. The van der Waals surface area contributed by atoms with E-state index in [9.17, 15) is 23.2 Å². The molecule has 7 rings (SSSR count). The Kier molecular flexibility index (Phi) is 8.92. The van der Waals surface area contributed by atoms with Crippen LogP contribution in [0.3, 0.4) is 0 Å². The van der Waals surface area contributed by atoms with Crippen molar-refractivity contribution in [2.24, 2.45) is 5.92 Å². The number of halogens is 3. The number of aromatic nitrogens is 3. The summed E-state index contributed by atoms with van der Waals surface area (Å²) in [5.74, 6) is -3.88. The first kappa shape index (κ1) is 34.1. The summed E-state index contributed by atoms with van der Waals surface area (Å²) in [6.45, 7) is 9.77. The zero-order valence-corrected chi connectivity index (χ0v) is 29.1. The third-order valence-corrected chi connectivity index (χ3v) is 12.2. The lowest BCUT2D eigenvalue weighted by Crippen LogP contribution is -2.45. The molecule has 262 valence electrons. The maximum absolute atomic E-state index is 13.9. The Morgan fingerprint density at radius 3 is 2.76 bits per heavy atom. The van der Waals surface area contributed by atoms with Crippen molar-refractivity contribution >= 4 is 39.9 Å². The minimum absolute atomic E-state index is 0.00351. The van der Waals surface area contributed by atoms with Gasteiger partial charge in [0.15, 0.2) is 5.83 Å². The summed E-state index contributed by atoms with van der Waals surface area (Å²) in [4.78, 5) is 34.3. The molecule has 4 aliphatic rings. The number of hydrogen-bond acceptors (Lipinski definition) is 10. The van der Waals surface area contributed by atoms with E-state index in [-0.39, 0.29) is 54.5 Å². The fraction of sp³-hybridized carbons (Fsp3) is 0.472. The van der Waals surface area contributed by atoms with Gasteiger partial charge in [0.25, 0.3) is 5.91 Å². The van der Waals surface area contributed by atoms with Gasteiger partial charge in [0.1, 0.15) is 12.4 Å². The topological polar surface area (TPSA) is 102 Å². The molecule has 1 aromatic carbocycles. The molecule has 0 spiro atoms. The van der Waals surface area contributed by atoms with E-state index in [1.54, 1.807) is 18.0 Å². The average Bonchev–Trinajstić information content (AvgIpc) is 3.78. The Morgan fingerprint density at radius 2 is 2.02 bits per heavy atom. The highest BCUT2D eigenvalue weighted by atomic mass is 32.2. The predicted molar refractivity (Wildman–Crippen MR) is 186 cm³/mol. The predicted octanol–water partition coefficient (Wildman–Crippen LogP) is 5.97. The summed E-state index contributed by atoms with van der Waals surface area (Å²) in [7, 11) is 1.98. The van der Waals surface area contributed by atoms with Crippen LogP contribution in [0.25, 0.3) is 10.8 Å². The number of benzene rings is 1. The Morgan fingerprint density at radius 1 is 1.22 bits per heavy atom. The van der Waals surface area contributed by atoms with Crippen LogP contribution in [0.2, 0.25) is 0 Å². The molecular weight excluding hydrogens is 666 g/mol. The minimum atomic E-state index is -2.54. The van der Waals surface area contributed by atoms with Gasteiger partial charge >= 0.3 is 6.01 Å². The average molecular weight is 705 g/mol. The second-order valence-electron chi connectivity index (χ2n) is 13.7. The van der Waals surface area contributed by atoms with Crippen molar-refractivity contribution in [3.8, 4) is 12.1 Å². The van der Waals surface area contributed by atoms with Gasteiger partial charge in [-0.05, 0) is 38.8 Å². The first-order valence-corrected chi connectivity index (χ1v) is 17.6. The second kappa shape index (κ2) is 13.1. The molecule has 2 fully saturated rings. The lowest BCUT2D eigenvalue weighted by molar-refractivity contribution is -0.127. The number of nitrogens with zero attached hydrogens (tertiary/aromatic N) is 8. The molecule has 0 bridgehead atoms. The van der Waals surface area contributed by atoms with Crippen LogP contribution in [0.1, 0.15) is 43.0 Å². The standard InChI is InChI=1S/C36H39F3N8O2S/c1-22-6-5-7-24-18-41-19-29(30(22)24)45-11-9-27-28(21-45)42-34(49-15-14-44(4)33-35(3,50-33)25-16-36(38,39)17-25)43-31(27)46-12-13-47(32(48)23(2)37)26(20-46)8-10-40/h5-7,18-20,25,33H,2,8-9,11-17,21H2,1,3-4H3/t33?,35-/m0/s1. The van der Waals surface area contributed by atoms with Gasteiger partial charge in [-0.2, -0.15) is 15.2 Å². The monoisotopic (exact) mass is 704 g/mol. The van der Waals surface area contributed by atoms with Gasteiger partial charge in [0, 0.05) is 72.5 Å². The van der Waals surface area contributed by atoms with E-state index >= 15 is 0 Å². The summed E-state index contributed by atoms with van der Waals surface area (Å²) in [5, 5.41) is 11.8. The van der Waals surface area contributed by atoms with Crippen molar-refractivity contribution in [1.82, 2.24) is 24.8 Å². The highest BCUT2D eigenvalue weighted by Gasteiger charge is 2.65. The van der Waals surface area contributed by atoms with Crippen LogP contribution < -0.4 is 14.5 Å². The highest BCUT2D eigenvalue weighted by Crippen LogP contribution is 2.66. The molecule has 10 nitrogen and oxygen atoms in total. The summed E-state index contributed by atoms with van der Waals surface area (Å²) in [6.07, 6.45) is 5.84. The van der Waals surface area contributed by atoms with Crippen molar-refractivity contribution in [3.05, 3.63) is 71.7 Å². The summed E-state index contributed by atoms with van der Waals surface area (Å²) >= 11 is 1.73. The molecule has 14 heteroatoms. The molecule has 2 aromatic heterocycles. The van der Waals surface area contributed by atoms with Crippen molar-refractivity contribution in [3.63, 3.8) is 0 Å². The molecule has 1 saturated carbocycles. The molecule has 0 radical (unpaired) electrons. The lowest BCUT2D eigenvalue weighted by atomic mass is 9.73. The molecule has 1 saturated heterocycles. The van der Waals surface area contributed by atoms with Crippen LogP contribution in [0.4, 0.5) is 24.7 Å². The molecular formula is C36H39F3N8O2S. The maximum atomic E-state index is 13.9. The molecule has 2 atom stereocenters. The number of likely N-dealkylation sites (N-methyl/N-ethyl adjacent to an activating group) is 1. The van der Waals surface area contributed by atoms with E-state index in [0.29, 0.717) is 44.1 Å². The number of hydrogen-bond donors (Lipinski definition) is 0. The maximum Gasteiger partial charge on any atom is 0.318 e. The lowest BCUT2D eigenvalue weighted by Gasteiger charge is -2.39. The van der Waals surface area contributed by atoms with E-state index in [0.717, 1.165) is 33.3 Å². The number of nitriles is 1. The van der Waals surface area contributed by atoms with Gasteiger partial charge in [-0.25, -0.2) is 13.2 Å². The molecule has 3 aliphatic heterocycles. The van der Waals surface area contributed by atoms with Gasteiger partial charge in [-0.1, -0.05) is 24.8 Å². The van der Waals surface area contributed by atoms with Crippen LogP contribution in [0.15, 0.2) is 54.9 Å². The van der Waals surface area contributed by atoms with Crippen LogP contribution in [0.5, 0.6) is 6.01 Å². The third-order valence-electron chi connectivity index (χ3n) is 10.3. The SMILES string of the molecule is C=C(F)C(=O)N1CCN(c2nc(OCCN(C)C3S[C@@]3(C)C3CC(F)(F)C3)nc3c2CCN(c2cncc4cccc(C)c24)C3)C=C1CC#N. The molecule has 3 aromatic rings. The number of fused-ring (bicyclic) bond motifs is 2. The summed E-state index contributed by atoms with van der Waals surface area (Å²) < 4.78 is 47.0. The Bertz CT molecular complexity index is 1920. The molecule has 50 heavy (non-hydrogen) atoms. The normalized spacial score (nSPS) is 22.9. The first-order chi connectivity index (χ1) is 23.9. The van der Waals surface area contributed by atoms with Crippen molar-refractivity contribution in [1.29, 1.82) is 5.26 Å². The largest absolute Gasteiger partial charge is 0.462 e. The van der Waals surface area contributed by atoms with Crippen LogP contribution >= 0.6 is 11.8 Å². The quantitative estimate of drug-likeness (QED) is 0.185. The van der Waals surface area contributed by atoms with E-state index in [2.05, 4.69) is 53.4 Å². The first-order valence-electron chi connectivity index (χ1n) is 16.8. The summed E-state index contributed by atoms with van der Waals surface area (Å²) in [5.41, 5.74) is 4.23. The van der Waals surface area contributed by atoms with Crippen LogP contribution in [-0.4, -0.2) is 86.5 Å². The van der Waals surface area contributed by atoms with Gasteiger partial charge in [-0.3, -0.25) is 14.7 Å². The number of alkyl halides is 2. The number of rotatable bonds is 10. The van der Waals surface area contributed by atoms with Crippen LogP contribution in [-0.2, 0) is 17.8 Å². The minimum Gasteiger partial charge on any atom is -0.462 e. The number of thioether (sulfide) groups is 1. The van der Waals surface area contributed by atoms with Crippen molar-refractivity contribution in [2.45, 2.75) is 62.1 Å². The Labute approximate surface area is 293 Å². The highest BCUT2D eigenvalue weighted by molar-refractivity contribution is 8.08. The number of pyridine rings is 1. The van der Waals surface area contributed by atoms with E-state index < -0.39 is 17.7 Å². The number of amides is 1. The number of anilines is 2. The smallest absolute Gasteiger partial charge is 0.318 e. The third kappa shape index (κ3) is 6.37. The number of aryl methyl sites for hydroxylation is 1. The molecule has 5 heterocycles. The molecule has 0 N–H and O–H groups in total. The van der Waals surface area contributed by atoms with E-state index in [1.165, 1.54) is 4.90 Å². The number of carbonyl (C=O) groups excluding carboxylic acids is 1. The van der Waals surface area contributed by atoms with Gasteiger partial charge in [0.05, 0.1) is 47.7 Å². The number of ether oxygens (including phenoxy) is 1. The Balaban J connectivity index is 1.16. The van der Waals surface area contributed by atoms with Gasteiger partial charge < -0.3 is 19.4 Å². The van der Waals surface area contributed by atoms with E-state index in [4.69, 9.17) is 14.7 Å². The van der Waals surface area contributed by atoms with Crippen molar-refractivity contribution in [2.75, 3.05) is 49.6 Å².